The van der Waals surface area contributed by atoms with E-state index in [1.165, 1.54) is 0 Å². The van der Waals surface area contributed by atoms with Crippen LogP contribution in [0.25, 0.3) is 0 Å². The molecule has 1 unspecified atom stereocenters. The standard InChI is InChI=1S/C8H13NO/c1-2-7-3-5-9-6-4-8(7)10/h2,7,9H,1,3-6H2. The van der Waals surface area contributed by atoms with Gasteiger partial charge in [-0.15, -0.1) is 6.58 Å². The smallest absolute Gasteiger partial charge is 0.141 e. The van der Waals surface area contributed by atoms with Crippen molar-refractivity contribution in [3.05, 3.63) is 12.7 Å². The first-order valence-electron chi connectivity index (χ1n) is 3.70. The van der Waals surface area contributed by atoms with Crippen LogP contribution >= 0.6 is 0 Å². The third-order valence-electron chi connectivity index (χ3n) is 1.88. The fraction of sp³-hybridized carbons (Fsp3) is 0.625. The Hall–Kier alpha value is -0.630. The van der Waals surface area contributed by atoms with Gasteiger partial charge in [0.1, 0.15) is 5.78 Å². The number of Topliss-reactive ketones (excluding diaryl/α,β-unsaturated/α-hetero) is 1. The predicted molar refractivity (Wildman–Crippen MR) is 40.8 cm³/mol. The Kier molecular flexibility index (Phi) is 2.63. The van der Waals surface area contributed by atoms with E-state index in [2.05, 4.69) is 11.9 Å². The lowest BCUT2D eigenvalue weighted by Crippen LogP contribution is -2.13. The van der Waals surface area contributed by atoms with Crippen molar-refractivity contribution in [1.82, 2.24) is 5.32 Å². The quantitative estimate of drug-likeness (QED) is 0.543. The Bertz CT molecular complexity index is 142. The normalized spacial score (nSPS) is 27.6. The second kappa shape index (κ2) is 3.52. The fourth-order valence-corrected chi connectivity index (χ4v) is 1.19. The Balaban J connectivity index is 2.51. The summed E-state index contributed by atoms with van der Waals surface area (Å²) in [5.74, 6) is 0.440. The molecule has 1 fully saturated rings. The van der Waals surface area contributed by atoms with Gasteiger partial charge < -0.3 is 5.32 Å². The van der Waals surface area contributed by atoms with Crippen LogP contribution in [-0.4, -0.2) is 18.9 Å². The topological polar surface area (TPSA) is 29.1 Å². The van der Waals surface area contributed by atoms with Crippen molar-refractivity contribution in [2.45, 2.75) is 12.8 Å². The molecule has 0 spiro atoms. The third-order valence-corrected chi connectivity index (χ3v) is 1.88. The van der Waals surface area contributed by atoms with Crippen LogP contribution in [0.3, 0.4) is 0 Å². The van der Waals surface area contributed by atoms with Crippen molar-refractivity contribution in [3.8, 4) is 0 Å². The van der Waals surface area contributed by atoms with E-state index in [0.29, 0.717) is 12.2 Å². The molecule has 2 nitrogen and oxygen atoms in total. The number of carbonyl (C=O) groups excluding carboxylic acids is 1. The van der Waals surface area contributed by atoms with E-state index in [0.717, 1.165) is 19.5 Å². The molecule has 1 aliphatic heterocycles. The predicted octanol–water partition coefficient (Wildman–Crippen LogP) is 0.741. The molecule has 0 amide bonds. The fourth-order valence-electron chi connectivity index (χ4n) is 1.19. The van der Waals surface area contributed by atoms with Gasteiger partial charge in [0.15, 0.2) is 0 Å². The molecule has 1 aliphatic rings. The van der Waals surface area contributed by atoms with Gasteiger partial charge in [-0.25, -0.2) is 0 Å². The number of hydrogen-bond donors (Lipinski definition) is 1. The minimum atomic E-state index is 0.106. The van der Waals surface area contributed by atoms with E-state index in [-0.39, 0.29) is 5.92 Å². The largest absolute Gasteiger partial charge is 0.316 e. The summed E-state index contributed by atoms with van der Waals surface area (Å²) < 4.78 is 0. The summed E-state index contributed by atoms with van der Waals surface area (Å²) in [6.45, 7) is 5.41. The zero-order valence-electron chi connectivity index (χ0n) is 6.10. The van der Waals surface area contributed by atoms with Crippen LogP contribution in [0.5, 0.6) is 0 Å². The van der Waals surface area contributed by atoms with Gasteiger partial charge in [0.05, 0.1) is 0 Å². The Morgan fingerprint density at radius 3 is 3.10 bits per heavy atom. The van der Waals surface area contributed by atoms with E-state index < -0.39 is 0 Å². The average Bonchev–Trinajstić information content (AvgIpc) is 2.13. The molecule has 0 aromatic heterocycles. The van der Waals surface area contributed by atoms with Gasteiger partial charge >= 0.3 is 0 Å². The van der Waals surface area contributed by atoms with Crippen molar-refractivity contribution < 1.29 is 4.79 Å². The highest BCUT2D eigenvalue weighted by Gasteiger charge is 2.16. The average molecular weight is 139 g/mol. The monoisotopic (exact) mass is 139 g/mol. The zero-order valence-corrected chi connectivity index (χ0v) is 6.10. The maximum atomic E-state index is 11.1. The summed E-state index contributed by atoms with van der Waals surface area (Å²) in [5.41, 5.74) is 0. The van der Waals surface area contributed by atoms with Crippen LogP contribution < -0.4 is 5.32 Å². The first-order valence-corrected chi connectivity index (χ1v) is 3.70. The third kappa shape index (κ3) is 1.67. The lowest BCUT2D eigenvalue weighted by Gasteiger charge is -2.03. The van der Waals surface area contributed by atoms with Crippen molar-refractivity contribution in [3.63, 3.8) is 0 Å². The van der Waals surface area contributed by atoms with Crippen molar-refractivity contribution >= 4 is 5.78 Å². The molecule has 56 valence electrons. The summed E-state index contributed by atoms with van der Waals surface area (Å²) >= 11 is 0. The van der Waals surface area contributed by atoms with Gasteiger partial charge in [-0.05, 0) is 13.0 Å². The number of hydrogen-bond acceptors (Lipinski definition) is 2. The summed E-state index contributed by atoms with van der Waals surface area (Å²) in [6, 6.07) is 0. The van der Waals surface area contributed by atoms with Crippen molar-refractivity contribution in [1.29, 1.82) is 0 Å². The first-order chi connectivity index (χ1) is 4.84. The van der Waals surface area contributed by atoms with Gasteiger partial charge in [-0.2, -0.15) is 0 Å². The van der Waals surface area contributed by atoms with Crippen LogP contribution in [-0.2, 0) is 4.79 Å². The number of allylic oxidation sites excluding steroid dienone is 1. The van der Waals surface area contributed by atoms with Crippen LogP contribution in [0.15, 0.2) is 12.7 Å². The molecule has 1 atom stereocenters. The minimum absolute atomic E-state index is 0.106. The molecule has 2 heteroatoms. The second-order valence-corrected chi connectivity index (χ2v) is 2.60. The highest BCUT2D eigenvalue weighted by molar-refractivity contribution is 5.82. The number of carbonyl (C=O) groups is 1. The Morgan fingerprint density at radius 2 is 2.40 bits per heavy atom. The van der Waals surface area contributed by atoms with Crippen LogP contribution in [0, 0.1) is 5.92 Å². The molecule has 1 heterocycles. The van der Waals surface area contributed by atoms with E-state index >= 15 is 0 Å². The summed E-state index contributed by atoms with van der Waals surface area (Å²) in [7, 11) is 0. The summed E-state index contributed by atoms with van der Waals surface area (Å²) in [6.07, 6.45) is 3.34. The number of nitrogens with one attached hydrogen (secondary N) is 1. The second-order valence-electron chi connectivity index (χ2n) is 2.60. The minimum Gasteiger partial charge on any atom is -0.316 e. The molecular formula is C8H13NO. The number of rotatable bonds is 1. The number of ketones is 1. The van der Waals surface area contributed by atoms with E-state index in [9.17, 15) is 4.79 Å². The van der Waals surface area contributed by atoms with Crippen LogP contribution in [0.4, 0.5) is 0 Å². The molecule has 10 heavy (non-hydrogen) atoms. The lowest BCUT2D eigenvalue weighted by atomic mass is 10.00. The van der Waals surface area contributed by atoms with Gasteiger partial charge in [0.25, 0.3) is 0 Å². The lowest BCUT2D eigenvalue weighted by molar-refractivity contribution is -0.121. The van der Waals surface area contributed by atoms with E-state index in [1.54, 1.807) is 6.08 Å². The molecule has 0 saturated carbocycles. The summed E-state index contributed by atoms with van der Waals surface area (Å²) in [4.78, 5) is 11.1. The highest BCUT2D eigenvalue weighted by atomic mass is 16.1. The molecule has 1 N–H and O–H groups in total. The Morgan fingerprint density at radius 1 is 1.60 bits per heavy atom. The van der Waals surface area contributed by atoms with Gasteiger partial charge in [-0.1, -0.05) is 6.08 Å². The van der Waals surface area contributed by atoms with E-state index in [4.69, 9.17) is 0 Å². The zero-order chi connectivity index (χ0) is 7.40. The van der Waals surface area contributed by atoms with Gasteiger partial charge in [0.2, 0.25) is 0 Å². The van der Waals surface area contributed by atoms with Gasteiger partial charge in [0, 0.05) is 18.9 Å². The highest BCUT2D eigenvalue weighted by Crippen LogP contribution is 2.09. The molecule has 0 aromatic carbocycles. The molecule has 0 aliphatic carbocycles. The molecule has 0 aromatic rings. The van der Waals surface area contributed by atoms with Crippen molar-refractivity contribution in [2.75, 3.05) is 13.1 Å². The molecule has 0 bridgehead atoms. The summed E-state index contributed by atoms with van der Waals surface area (Å²) in [5, 5.41) is 3.17. The first kappa shape index (κ1) is 7.48. The van der Waals surface area contributed by atoms with E-state index in [1.807, 2.05) is 0 Å². The maximum absolute atomic E-state index is 11.1. The Labute approximate surface area is 61.3 Å². The molecule has 1 saturated heterocycles. The molecule has 0 radical (unpaired) electrons. The van der Waals surface area contributed by atoms with Crippen LogP contribution in [0.2, 0.25) is 0 Å². The molecular weight excluding hydrogens is 126 g/mol. The van der Waals surface area contributed by atoms with Crippen LogP contribution in [0.1, 0.15) is 12.8 Å². The molecule has 1 rings (SSSR count). The van der Waals surface area contributed by atoms with Crippen molar-refractivity contribution in [2.24, 2.45) is 5.92 Å². The van der Waals surface area contributed by atoms with Gasteiger partial charge in [-0.3, -0.25) is 4.79 Å². The SMILES string of the molecule is C=CC1CCNCCC1=O. The maximum Gasteiger partial charge on any atom is 0.141 e.